The molecule has 4 aliphatic carbocycles. The summed E-state index contributed by atoms with van der Waals surface area (Å²) < 4.78 is 12.7. The molecule has 256 valence electrons. The smallest absolute Gasteiger partial charge is 0.338 e. The van der Waals surface area contributed by atoms with Gasteiger partial charge >= 0.3 is 11.9 Å². The van der Waals surface area contributed by atoms with Crippen LogP contribution in [0.3, 0.4) is 0 Å². The first-order valence-electron chi connectivity index (χ1n) is 18.5. The minimum atomic E-state index is -0.310. The van der Waals surface area contributed by atoms with Crippen LogP contribution in [0, 0.1) is 52.3 Å². The number of fused-ring (bicyclic) bond motifs is 5. The lowest BCUT2D eigenvalue weighted by molar-refractivity contribution is -0.174. The number of carbonyl (C=O) groups excluding carboxylic acids is 2. The van der Waals surface area contributed by atoms with Crippen LogP contribution in [0.15, 0.2) is 48.5 Å². The lowest BCUT2D eigenvalue weighted by Gasteiger charge is -2.62. The van der Waals surface area contributed by atoms with Gasteiger partial charge in [-0.2, -0.15) is 0 Å². The number of esters is 2. The molecule has 4 saturated carbocycles. The molecule has 0 aliphatic heterocycles. The van der Waals surface area contributed by atoms with E-state index in [-0.39, 0.29) is 35.5 Å². The quantitative estimate of drug-likeness (QED) is 0.209. The first-order valence-corrected chi connectivity index (χ1v) is 18.5. The molecule has 2 aromatic carbocycles. The predicted molar refractivity (Wildman–Crippen MR) is 189 cm³/mol. The highest BCUT2D eigenvalue weighted by Gasteiger charge is 2.63. The molecule has 0 bridgehead atoms. The first-order chi connectivity index (χ1) is 22.4. The van der Waals surface area contributed by atoms with Crippen LogP contribution in [0.4, 0.5) is 11.4 Å². The minimum Gasteiger partial charge on any atom is -0.459 e. The molecule has 9 unspecified atom stereocenters. The third kappa shape index (κ3) is 6.68. The summed E-state index contributed by atoms with van der Waals surface area (Å²) in [6.07, 6.45) is 12.2. The Balaban J connectivity index is 1.24. The zero-order valence-electron chi connectivity index (χ0n) is 29.4. The van der Waals surface area contributed by atoms with Gasteiger partial charge in [-0.05, 0) is 146 Å². The van der Waals surface area contributed by atoms with Crippen LogP contribution in [-0.4, -0.2) is 24.1 Å². The van der Waals surface area contributed by atoms with Gasteiger partial charge in [0, 0.05) is 17.3 Å². The summed E-state index contributed by atoms with van der Waals surface area (Å²) in [5, 5.41) is 0. The van der Waals surface area contributed by atoms with Crippen LogP contribution in [0.5, 0.6) is 0 Å². The number of nitrogens with two attached hydrogens (primary N) is 2. The van der Waals surface area contributed by atoms with Gasteiger partial charge in [-0.1, -0.05) is 53.9 Å². The molecule has 0 heterocycles. The number of hydrogen-bond acceptors (Lipinski definition) is 6. The van der Waals surface area contributed by atoms with E-state index < -0.39 is 0 Å². The maximum Gasteiger partial charge on any atom is 0.338 e. The maximum atomic E-state index is 13.7. The molecule has 0 spiro atoms. The van der Waals surface area contributed by atoms with Crippen molar-refractivity contribution in [1.29, 1.82) is 0 Å². The van der Waals surface area contributed by atoms with Gasteiger partial charge in [-0.3, -0.25) is 0 Å². The summed E-state index contributed by atoms with van der Waals surface area (Å²) in [5.41, 5.74) is 14.5. The number of carbonyl (C=O) groups is 2. The summed E-state index contributed by atoms with van der Waals surface area (Å²) in [6.45, 7) is 12.3. The fraction of sp³-hybridized carbons (Fsp3) is 0.659. The second-order valence-corrected chi connectivity index (χ2v) is 16.7. The Labute approximate surface area is 282 Å². The maximum absolute atomic E-state index is 13.7. The predicted octanol–water partition coefficient (Wildman–Crippen LogP) is 9.33. The molecule has 6 nitrogen and oxygen atoms in total. The Morgan fingerprint density at radius 2 is 1.30 bits per heavy atom. The third-order valence-electron chi connectivity index (χ3n) is 13.6. The van der Waals surface area contributed by atoms with Crippen molar-refractivity contribution in [3.63, 3.8) is 0 Å². The van der Waals surface area contributed by atoms with Crippen molar-refractivity contribution in [3.05, 3.63) is 59.7 Å². The summed E-state index contributed by atoms with van der Waals surface area (Å²) in [7, 11) is 0. The normalized spacial score (nSPS) is 35.3. The van der Waals surface area contributed by atoms with Crippen molar-refractivity contribution in [2.75, 3.05) is 11.5 Å². The standard InChI is InChI=1S/C41H58N2O4/c1-25(2)7-6-8-26(3)33-17-18-34-32-24-37(47-39(45)28-11-15-30(43)16-12-28)36-23-31(46-38(44)27-9-13-29(42)14-10-27)19-21-41(36,5)35(32)20-22-40(33,34)4/h9-16,25-26,31-37H,6-8,17-24,42-43H2,1-5H3/t26?,31?,32?,33?,34?,35?,36?,37?,40?,41-/m1/s1. The van der Waals surface area contributed by atoms with E-state index in [0.717, 1.165) is 43.4 Å². The topological polar surface area (TPSA) is 105 Å². The van der Waals surface area contributed by atoms with Crippen molar-refractivity contribution in [3.8, 4) is 0 Å². The molecule has 47 heavy (non-hydrogen) atoms. The van der Waals surface area contributed by atoms with Gasteiger partial charge in [0.1, 0.15) is 12.2 Å². The summed E-state index contributed by atoms with van der Waals surface area (Å²) in [4.78, 5) is 26.8. The van der Waals surface area contributed by atoms with Crippen LogP contribution in [-0.2, 0) is 9.47 Å². The molecule has 0 aromatic heterocycles. The van der Waals surface area contributed by atoms with E-state index in [1.807, 2.05) is 0 Å². The molecule has 2 aromatic rings. The van der Waals surface area contributed by atoms with Gasteiger partial charge in [0.25, 0.3) is 0 Å². The lowest BCUT2D eigenvalue weighted by atomic mass is 9.43. The second-order valence-electron chi connectivity index (χ2n) is 16.7. The zero-order valence-corrected chi connectivity index (χ0v) is 29.4. The van der Waals surface area contributed by atoms with Crippen LogP contribution in [0.1, 0.15) is 126 Å². The number of benzene rings is 2. The molecule has 4 N–H and O–H groups in total. The molecular weight excluding hydrogens is 584 g/mol. The molecule has 0 radical (unpaired) electrons. The highest BCUT2D eigenvalue weighted by molar-refractivity contribution is 5.90. The zero-order chi connectivity index (χ0) is 33.5. The van der Waals surface area contributed by atoms with E-state index in [9.17, 15) is 9.59 Å². The van der Waals surface area contributed by atoms with Gasteiger partial charge < -0.3 is 20.9 Å². The van der Waals surface area contributed by atoms with Crippen molar-refractivity contribution in [2.45, 2.75) is 117 Å². The summed E-state index contributed by atoms with van der Waals surface area (Å²) in [6, 6.07) is 14.0. The fourth-order valence-corrected chi connectivity index (χ4v) is 11.2. The van der Waals surface area contributed by atoms with E-state index >= 15 is 0 Å². The van der Waals surface area contributed by atoms with Gasteiger partial charge in [-0.15, -0.1) is 0 Å². The number of ether oxygens (including phenoxy) is 2. The van der Waals surface area contributed by atoms with E-state index in [1.54, 1.807) is 48.5 Å². The van der Waals surface area contributed by atoms with Crippen molar-refractivity contribution in [2.24, 2.45) is 52.3 Å². The van der Waals surface area contributed by atoms with Crippen molar-refractivity contribution >= 4 is 23.3 Å². The Kier molecular flexibility index (Phi) is 9.71. The van der Waals surface area contributed by atoms with Crippen LogP contribution >= 0.6 is 0 Å². The lowest BCUT2D eigenvalue weighted by Crippen LogP contribution is -2.59. The number of nitrogen functional groups attached to an aromatic ring is 2. The number of anilines is 2. The first kappa shape index (κ1) is 33.9. The molecule has 6 heteroatoms. The van der Waals surface area contributed by atoms with E-state index in [4.69, 9.17) is 20.9 Å². The molecule has 4 fully saturated rings. The summed E-state index contributed by atoms with van der Waals surface area (Å²) >= 11 is 0. The highest BCUT2D eigenvalue weighted by Crippen LogP contribution is 2.69. The van der Waals surface area contributed by atoms with Gasteiger partial charge in [-0.25, -0.2) is 9.59 Å². The van der Waals surface area contributed by atoms with Crippen LogP contribution in [0.25, 0.3) is 0 Å². The fourth-order valence-electron chi connectivity index (χ4n) is 11.2. The van der Waals surface area contributed by atoms with Gasteiger partial charge in [0.2, 0.25) is 0 Å². The third-order valence-corrected chi connectivity index (χ3v) is 13.6. The Morgan fingerprint density at radius 1 is 0.723 bits per heavy atom. The average Bonchev–Trinajstić information content (AvgIpc) is 3.39. The Bertz CT molecular complexity index is 1410. The highest BCUT2D eigenvalue weighted by atomic mass is 16.6. The molecule has 6 rings (SSSR count). The van der Waals surface area contributed by atoms with Gasteiger partial charge in [0.05, 0.1) is 11.1 Å². The molecular formula is C41H58N2O4. The van der Waals surface area contributed by atoms with Crippen molar-refractivity contribution in [1.82, 2.24) is 0 Å². The van der Waals surface area contributed by atoms with E-state index in [1.165, 1.54) is 44.9 Å². The van der Waals surface area contributed by atoms with E-state index in [2.05, 4.69) is 34.6 Å². The average molecular weight is 643 g/mol. The Morgan fingerprint density at radius 3 is 1.91 bits per heavy atom. The number of rotatable bonds is 9. The van der Waals surface area contributed by atoms with Crippen molar-refractivity contribution < 1.29 is 19.1 Å². The van der Waals surface area contributed by atoms with E-state index in [0.29, 0.717) is 45.7 Å². The summed E-state index contributed by atoms with van der Waals surface area (Å²) in [5.74, 6) is 3.63. The largest absolute Gasteiger partial charge is 0.459 e. The minimum absolute atomic E-state index is 0.0291. The molecule has 4 aliphatic rings. The SMILES string of the molecule is CC(C)CCCC(C)C1CCC2C3CC(OC(=O)c4ccc(N)cc4)C4CC(OC(=O)c5ccc(N)cc5)CC[C@]4(C)C3CCC12C. The van der Waals surface area contributed by atoms with Gasteiger partial charge in [0.15, 0.2) is 0 Å². The monoisotopic (exact) mass is 642 g/mol. The number of hydrogen-bond donors (Lipinski definition) is 2. The second kappa shape index (κ2) is 13.5. The van der Waals surface area contributed by atoms with Crippen LogP contribution < -0.4 is 11.5 Å². The molecule has 0 saturated heterocycles. The molecule has 0 amide bonds. The van der Waals surface area contributed by atoms with Crippen LogP contribution in [0.2, 0.25) is 0 Å². The molecule has 10 atom stereocenters. The Hall–Kier alpha value is -3.02.